The molecule has 1 aromatic heterocycles. The van der Waals surface area contributed by atoms with Gasteiger partial charge >= 0.3 is 5.97 Å². The molecule has 0 fully saturated rings. The number of rotatable bonds is 7. The van der Waals surface area contributed by atoms with Crippen LogP contribution in [0.1, 0.15) is 15.9 Å². The lowest BCUT2D eigenvalue weighted by Gasteiger charge is -2.12. The van der Waals surface area contributed by atoms with Crippen molar-refractivity contribution in [2.24, 2.45) is 0 Å². The molecule has 0 aliphatic carbocycles. The number of ether oxygens (including phenoxy) is 2. The Morgan fingerprint density at radius 1 is 1.21 bits per heavy atom. The number of tetrazole rings is 1. The molecular formula is C18H16ClN5O4. The van der Waals surface area contributed by atoms with Gasteiger partial charge in [-0.3, -0.25) is 9.59 Å². The van der Waals surface area contributed by atoms with E-state index in [-0.39, 0.29) is 29.5 Å². The first-order valence-corrected chi connectivity index (χ1v) is 8.55. The fourth-order valence-electron chi connectivity index (χ4n) is 2.37. The minimum absolute atomic E-state index is 0.130. The van der Waals surface area contributed by atoms with Gasteiger partial charge in [0.25, 0.3) is 5.91 Å². The molecule has 0 radical (unpaired) electrons. The maximum atomic E-state index is 12.4. The second-order valence-electron chi connectivity index (χ2n) is 5.59. The molecule has 2 aromatic carbocycles. The van der Waals surface area contributed by atoms with Gasteiger partial charge in [0.15, 0.2) is 0 Å². The fourth-order valence-corrected chi connectivity index (χ4v) is 2.62. The Hall–Kier alpha value is -3.46. The Bertz CT molecular complexity index is 964. The van der Waals surface area contributed by atoms with Gasteiger partial charge in [0.2, 0.25) is 0 Å². The molecule has 1 N–H and O–H groups in total. The molecule has 0 bridgehead atoms. The predicted octanol–water partition coefficient (Wildman–Crippen LogP) is 1.80. The van der Waals surface area contributed by atoms with Crippen LogP contribution >= 0.6 is 11.6 Å². The normalized spacial score (nSPS) is 10.4. The molecule has 3 rings (SSSR count). The van der Waals surface area contributed by atoms with Crippen LogP contribution in [0, 0.1) is 0 Å². The van der Waals surface area contributed by atoms with Gasteiger partial charge in [-0.25, -0.2) is 0 Å². The Labute approximate surface area is 165 Å². The highest BCUT2D eigenvalue weighted by Gasteiger charge is 2.18. The van der Waals surface area contributed by atoms with Crippen molar-refractivity contribution in [3.05, 3.63) is 64.9 Å². The van der Waals surface area contributed by atoms with E-state index in [4.69, 9.17) is 21.1 Å². The van der Waals surface area contributed by atoms with E-state index in [0.29, 0.717) is 5.69 Å². The molecule has 0 saturated carbocycles. The maximum absolute atomic E-state index is 12.4. The summed E-state index contributed by atoms with van der Waals surface area (Å²) in [6.45, 7) is -0.160. The quantitative estimate of drug-likeness (QED) is 0.601. The second-order valence-corrected chi connectivity index (χ2v) is 5.99. The summed E-state index contributed by atoms with van der Waals surface area (Å²) in [6, 6.07) is 12.2. The molecule has 9 nitrogen and oxygen atoms in total. The highest BCUT2D eigenvalue weighted by Crippen LogP contribution is 2.29. The zero-order valence-electron chi connectivity index (χ0n) is 14.8. The lowest BCUT2D eigenvalue weighted by Crippen LogP contribution is -2.31. The molecule has 1 amide bonds. The fraction of sp³-hybridized carbons (Fsp3) is 0.167. The number of methoxy groups -OCH3 is 1. The van der Waals surface area contributed by atoms with Gasteiger partial charge in [-0.1, -0.05) is 41.9 Å². The van der Waals surface area contributed by atoms with Crippen LogP contribution in [0.5, 0.6) is 5.75 Å². The van der Waals surface area contributed by atoms with E-state index in [2.05, 4.69) is 20.8 Å². The van der Waals surface area contributed by atoms with E-state index < -0.39 is 11.9 Å². The van der Waals surface area contributed by atoms with Crippen molar-refractivity contribution >= 4 is 23.5 Å². The molecule has 0 saturated heterocycles. The summed E-state index contributed by atoms with van der Waals surface area (Å²) in [5.74, 6) is -0.837. The molecule has 1 heterocycles. The molecule has 144 valence electrons. The van der Waals surface area contributed by atoms with Crippen molar-refractivity contribution in [1.29, 1.82) is 0 Å². The Kier molecular flexibility index (Phi) is 6.18. The number of nitrogens with one attached hydrogen (secondary N) is 1. The molecular weight excluding hydrogens is 386 g/mol. The number of halogens is 1. The van der Waals surface area contributed by atoms with Crippen molar-refractivity contribution in [3.8, 4) is 11.4 Å². The molecule has 3 aromatic rings. The molecule has 0 aliphatic heterocycles. The molecule has 0 aliphatic rings. The van der Waals surface area contributed by atoms with Crippen LogP contribution in [0.15, 0.2) is 48.8 Å². The van der Waals surface area contributed by atoms with E-state index >= 15 is 0 Å². The van der Waals surface area contributed by atoms with Crippen LogP contribution in [0.3, 0.4) is 0 Å². The largest absolute Gasteiger partial charge is 0.496 e. The third kappa shape index (κ3) is 4.63. The van der Waals surface area contributed by atoms with Gasteiger partial charge in [-0.15, -0.1) is 5.10 Å². The first-order valence-electron chi connectivity index (χ1n) is 8.17. The van der Waals surface area contributed by atoms with Crippen LogP contribution in [0.25, 0.3) is 5.69 Å². The first-order chi connectivity index (χ1) is 13.6. The summed E-state index contributed by atoms with van der Waals surface area (Å²) in [7, 11) is 1.41. The SMILES string of the molecule is COc1cc(-n2cnnn2)c(Cl)cc1C(=O)NCC(=O)OCc1ccccc1. The monoisotopic (exact) mass is 401 g/mol. The minimum Gasteiger partial charge on any atom is -0.496 e. The number of carbonyl (C=O) groups is 2. The van der Waals surface area contributed by atoms with Crippen LogP contribution in [0.2, 0.25) is 5.02 Å². The van der Waals surface area contributed by atoms with E-state index in [9.17, 15) is 9.59 Å². The standard InChI is InChI=1S/C18H16ClN5O4/c1-27-16-8-15(24-11-21-22-23-24)14(19)7-13(16)18(26)20-9-17(25)28-10-12-5-3-2-4-6-12/h2-8,11H,9-10H2,1H3,(H,20,26). The summed E-state index contributed by atoms with van der Waals surface area (Å²) >= 11 is 6.23. The highest BCUT2D eigenvalue weighted by molar-refractivity contribution is 6.33. The number of hydrogen-bond donors (Lipinski definition) is 1. The topological polar surface area (TPSA) is 108 Å². The van der Waals surface area contributed by atoms with Crippen molar-refractivity contribution in [1.82, 2.24) is 25.5 Å². The van der Waals surface area contributed by atoms with Gasteiger partial charge in [0.05, 0.1) is 23.4 Å². The van der Waals surface area contributed by atoms with Crippen molar-refractivity contribution in [2.45, 2.75) is 6.61 Å². The number of nitrogens with zero attached hydrogens (tertiary/aromatic N) is 4. The summed E-state index contributed by atoms with van der Waals surface area (Å²) < 4.78 is 11.7. The lowest BCUT2D eigenvalue weighted by atomic mass is 10.1. The number of benzene rings is 2. The number of amides is 1. The molecule has 0 spiro atoms. The van der Waals surface area contributed by atoms with Crippen LogP contribution in [-0.4, -0.2) is 45.7 Å². The van der Waals surface area contributed by atoms with E-state index in [1.807, 2.05) is 30.3 Å². The smallest absolute Gasteiger partial charge is 0.325 e. The van der Waals surface area contributed by atoms with Crippen molar-refractivity contribution in [2.75, 3.05) is 13.7 Å². The Balaban J connectivity index is 1.63. The molecule has 0 unspecified atom stereocenters. The zero-order valence-corrected chi connectivity index (χ0v) is 15.6. The minimum atomic E-state index is -0.562. The molecule has 28 heavy (non-hydrogen) atoms. The molecule has 10 heteroatoms. The van der Waals surface area contributed by atoms with Gasteiger partial charge in [-0.2, -0.15) is 4.68 Å². The average Bonchev–Trinajstić information content (AvgIpc) is 3.25. The number of esters is 1. The third-order valence-corrected chi connectivity index (χ3v) is 4.05. The van der Waals surface area contributed by atoms with Gasteiger partial charge in [0.1, 0.15) is 25.2 Å². The lowest BCUT2D eigenvalue weighted by molar-refractivity contribution is -0.143. The Morgan fingerprint density at radius 3 is 2.68 bits per heavy atom. The van der Waals surface area contributed by atoms with Crippen LogP contribution in [0.4, 0.5) is 0 Å². The molecule has 0 atom stereocenters. The number of carbonyl (C=O) groups excluding carboxylic acids is 2. The summed E-state index contributed by atoms with van der Waals surface area (Å²) in [4.78, 5) is 24.3. The van der Waals surface area contributed by atoms with Gasteiger partial charge in [-0.05, 0) is 22.1 Å². The third-order valence-electron chi connectivity index (χ3n) is 3.75. The maximum Gasteiger partial charge on any atom is 0.325 e. The summed E-state index contributed by atoms with van der Waals surface area (Å²) in [5.41, 5.74) is 1.47. The van der Waals surface area contributed by atoms with E-state index in [1.165, 1.54) is 30.3 Å². The predicted molar refractivity (Wildman–Crippen MR) is 99.3 cm³/mol. The zero-order chi connectivity index (χ0) is 19.9. The second kappa shape index (κ2) is 8.96. The number of hydrogen-bond acceptors (Lipinski definition) is 7. The van der Waals surface area contributed by atoms with Crippen LogP contribution in [-0.2, 0) is 16.1 Å². The summed E-state index contributed by atoms with van der Waals surface area (Å²) in [5, 5.41) is 13.6. The Morgan fingerprint density at radius 2 is 2.00 bits per heavy atom. The first kappa shape index (κ1) is 19.3. The number of aromatic nitrogens is 4. The average molecular weight is 402 g/mol. The summed E-state index contributed by atoms with van der Waals surface area (Å²) in [6.07, 6.45) is 1.36. The van der Waals surface area contributed by atoms with Gasteiger partial charge in [0, 0.05) is 6.07 Å². The van der Waals surface area contributed by atoms with E-state index in [0.717, 1.165) is 5.56 Å². The van der Waals surface area contributed by atoms with Crippen molar-refractivity contribution < 1.29 is 19.1 Å². The van der Waals surface area contributed by atoms with Crippen molar-refractivity contribution in [3.63, 3.8) is 0 Å². The van der Waals surface area contributed by atoms with E-state index in [1.54, 1.807) is 0 Å². The highest BCUT2D eigenvalue weighted by atomic mass is 35.5. The van der Waals surface area contributed by atoms with Crippen LogP contribution < -0.4 is 10.1 Å². The van der Waals surface area contributed by atoms with Gasteiger partial charge < -0.3 is 14.8 Å².